The van der Waals surface area contributed by atoms with Crippen LogP contribution in [0, 0.1) is 69.0 Å². The van der Waals surface area contributed by atoms with E-state index < -0.39 is 0 Å². The predicted molar refractivity (Wildman–Crippen MR) is 83.0 cm³/mol. The van der Waals surface area contributed by atoms with Gasteiger partial charge in [0, 0.05) is 0 Å². The average Bonchev–Trinajstić information content (AvgIpc) is 3.11. The quantitative estimate of drug-likeness (QED) is 0.539. The van der Waals surface area contributed by atoms with E-state index in [1.165, 1.54) is 0 Å². The van der Waals surface area contributed by atoms with Gasteiger partial charge in [-0.15, -0.1) is 0 Å². The maximum atomic E-state index is 2.58. The van der Waals surface area contributed by atoms with Crippen LogP contribution in [-0.4, -0.2) is 0 Å². The normalized spacial score (nSPS) is 63.6. The zero-order chi connectivity index (χ0) is 14.6. The van der Waals surface area contributed by atoms with E-state index in [0.717, 1.165) is 47.3 Å². The van der Waals surface area contributed by atoms with Gasteiger partial charge in [0.25, 0.3) is 0 Å². The lowest BCUT2D eigenvalue weighted by Crippen LogP contribution is -2.00. The Morgan fingerprint density at radius 1 is 0.300 bits per heavy atom. The van der Waals surface area contributed by atoms with Crippen LogP contribution in [0.1, 0.15) is 55.4 Å². The Hall–Kier alpha value is 0. The standard InChI is InChI=1S/C20H32/c1-17(2)9-10(17)12-14(19(12,5)6)16-15(20(16,7)8)13-11(9)18(13,3)4/h9-16H,1-8H3. The lowest BCUT2D eigenvalue weighted by atomic mass is 10.0. The molecular formula is C20H32. The summed E-state index contributed by atoms with van der Waals surface area (Å²) >= 11 is 0. The fraction of sp³-hybridized carbons (Fsp3) is 1.00. The van der Waals surface area contributed by atoms with Gasteiger partial charge in [0.2, 0.25) is 0 Å². The SMILES string of the molecule is CC1(C)C2C1C1C(C3C(C4C2C4(C)C)C3(C)C)C1(C)C. The predicted octanol–water partition coefficient (Wildman–Crippen LogP) is 5.09. The highest BCUT2D eigenvalue weighted by molar-refractivity contribution is 5.35. The van der Waals surface area contributed by atoms with Gasteiger partial charge in [-0.05, 0) is 69.0 Å². The third kappa shape index (κ3) is 1.00. The van der Waals surface area contributed by atoms with E-state index in [4.69, 9.17) is 0 Å². The van der Waals surface area contributed by atoms with Crippen molar-refractivity contribution in [2.45, 2.75) is 55.4 Å². The van der Waals surface area contributed by atoms with Crippen molar-refractivity contribution in [3.8, 4) is 0 Å². The molecule has 0 atom stereocenters. The summed E-state index contributed by atoms with van der Waals surface area (Å²) in [6.07, 6.45) is 0. The molecule has 0 spiro atoms. The Kier molecular flexibility index (Phi) is 1.67. The first-order valence-corrected chi connectivity index (χ1v) is 8.98. The number of hydrogen-bond donors (Lipinski definition) is 0. The van der Waals surface area contributed by atoms with Gasteiger partial charge in [0.15, 0.2) is 0 Å². The lowest BCUT2D eigenvalue weighted by Gasteiger charge is -2.04. The molecule has 0 aliphatic heterocycles. The van der Waals surface area contributed by atoms with Crippen molar-refractivity contribution in [2.24, 2.45) is 69.0 Å². The van der Waals surface area contributed by atoms with E-state index in [0.29, 0.717) is 21.7 Å². The van der Waals surface area contributed by atoms with Gasteiger partial charge in [0.05, 0.1) is 0 Å². The summed E-state index contributed by atoms with van der Waals surface area (Å²) in [6.45, 7) is 20.7. The van der Waals surface area contributed by atoms with Gasteiger partial charge in [-0.1, -0.05) is 55.4 Å². The summed E-state index contributed by atoms with van der Waals surface area (Å²) in [5.41, 5.74) is 2.59. The van der Waals surface area contributed by atoms with Crippen LogP contribution in [0.2, 0.25) is 0 Å². The van der Waals surface area contributed by atoms with Crippen LogP contribution in [-0.2, 0) is 0 Å². The van der Waals surface area contributed by atoms with E-state index in [-0.39, 0.29) is 0 Å². The van der Waals surface area contributed by atoms with Gasteiger partial charge in [-0.25, -0.2) is 0 Å². The molecule has 5 rings (SSSR count). The smallest absolute Gasteiger partial charge is 0.0286 e. The number of rotatable bonds is 0. The minimum absolute atomic E-state index is 0.647. The van der Waals surface area contributed by atoms with Gasteiger partial charge >= 0.3 is 0 Å². The molecular weight excluding hydrogens is 240 g/mol. The van der Waals surface area contributed by atoms with Crippen molar-refractivity contribution in [3.63, 3.8) is 0 Å². The maximum Gasteiger partial charge on any atom is -0.0286 e. The molecule has 20 heavy (non-hydrogen) atoms. The molecule has 5 saturated carbocycles. The van der Waals surface area contributed by atoms with E-state index in [2.05, 4.69) is 55.4 Å². The molecule has 0 radical (unpaired) electrons. The zero-order valence-electron chi connectivity index (χ0n) is 14.6. The molecule has 0 aromatic heterocycles. The monoisotopic (exact) mass is 272 g/mol. The Labute approximate surface area is 125 Å². The highest BCUT2D eigenvalue weighted by Crippen LogP contribution is 2.93. The van der Waals surface area contributed by atoms with Gasteiger partial charge in [-0.3, -0.25) is 0 Å². The Morgan fingerprint density at radius 2 is 0.400 bits per heavy atom. The van der Waals surface area contributed by atoms with Crippen molar-refractivity contribution in [1.82, 2.24) is 0 Å². The minimum atomic E-state index is 0.647. The first-order chi connectivity index (χ1) is 8.98. The van der Waals surface area contributed by atoms with Crippen molar-refractivity contribution in [2.75, 3.05) is 0 Å². The van der Waals surface area contributed by atoms with Crippen LogP contribution in [0.3, 0.4) is 0 Å². The van der Waals surface area contributed by atoms with Crippen LogP contribution in [0.25, 0.3) is 0 Å². The summed E-state index contributed by atoms with van der Waals surface area (Å²) in [5, 5.41) is 0. The Balaban J connectivity index is 1.61. The fourth-order valence-corrected chi connectivity index (χ4v) is 8.36. The Morgan fingerprint density at radius 3 is 0.500 bits per heavy atom. The third-order valence-corrected chi connectivity index (χ3v) is 9.53. The summed E-state index contributed by atoms with van der Waals surface area (Å²) < 4.78 is 0. The molecule has 0 saturated heterocycles. The van der Waals surface area contributed by atoms with E-state index in [1.807, 2.05) is 0 Å². The van der Waals surface area contributed by atoms with Crippen molar-refractivity contribution < 1.29 is 0 Å². The molecule has 0 bridgehead atoms. The molecule has 5 aliphatic rings. The minimum Gasteiger partial charge on any atom is -0.0593 e. The highest BCUT2D eigenvalue weighted by atomic mass is 14.9. The second-order valence-electron chi connectivity index (χ2n) is 11.5. The molecule has 0 heterocycles. The van der Waals surface area contributed by atoms with Crippen LogP contribution in [0.5, 0.6) is 0 Å². The molecule has 5 aliphatic carbocycles. The second-order valence-corrected chi connectivity index (χ2v) is 11.5. The molecule has 0 aromatic rings. The van der Waals surface area contributed by atoms with Crippen molar-refractivity contribution in [1.29, 1.82) is 0 Å². The molecule has 0 nitrogen and oxygen atoms in total. The van der Waals surface area contributed by atoms with E-state index in [9.17, 15) is 0 Å². The molecule has 5 fully saturated rings. The first-order valence-electron chi connectivity index (χ1n) is 8.98. The largest absolute Gasteiger partial charge is 0.0593 e. The fourth-order valence-electron chi connectivity index (χ4n) is 8.36. The second kappa shape index (κ2) is 2.67. The van der Waals surface area contributed by atoms with Crippen LogP contribution >= 0.6 is 0 Å². The zero-order valence-corrected chi connectivity index (χ0v) is 14.6. The molecule has 0 unspecified atom stereocenters. The molecule has 0 N–H and O–H groups in total. The summed E-state index contributed by atoms with van der Waals surface area (Å²) in [5.74, 6) is 8.40. The Bertz CT molecular complexity index is 368. The molecule has 112 valence electrons. The lowest BCUT2D eigenvalue weighted by molar-refractivity contribution is 0.434. The summed E-state index contributed by atoms with van der Waals surface area (Å²) in [4.78, 5) is 0. The first kappa shape index (κ1) is 12.5. The van der Waals surface area contributed by atoms with E-state index in [1.54, 1.807) is 0 Å². The van der Waals surface area contributed by atoms with Crippen LogP contribution in [0.4, 0.5) is 0 Å². The highest BCUT2D eigenvalue weighted by Gasteiger charge is 2.89. The molecule has 0 heteroatoms. The van der Waals surface area contributed by atoms with Crippen LogP contribution in [0.15, 0.2) is 0 Å². The van der Waals surface area contributed by atoms with Crippen LogP contribution < -0.4 is 0 Å². The van der Waals surface area contributed by atoms with Gasteiger partial charge < -0.3 is 0 Å². The summed E-state index contributed by atoms with van der Waals surface area (Å²) in [7, 11) is 0. The molecule has 0 amide bonds. The summed E-state index contributed by atoms with van der Waals surface area (Å²) in [6, 6.07) is 0. The number of hydrogen-bond acceptors (Lipinski definition) is 0. The third-order valence-electron chi connectivity index (χ3n) is 9.53. The van der Waals surface area contributed by atoms with Crippen molar-refractivity contribution in [3.05, 3.63) is 0 Å². The molecule has 0 aromatic carbocycles. The average molecular weight is 272 g/mol. The van der Waals surface area contributed by atoms with Gasteiger partial charge in [-0.2, -0.15) is 0 Å². The topological polar surface area (TPSA) is 0 Å². The van der Waals surface area contributed by atoms with Crippen molar-refractivity contribution >= 4 is 0 Å². The van der Waals surface area contributed by atoms with E-state index >= 15 is 0 Å². The maximum absolute atomic E-state index is 2.58. The number of fused-ring (bicyclic) bond motifs is 8. The van der Waals surface area contributed by atoms with Gasteiger partial charge in [0.1, 0.15) is 0 Å².